The van der Waals surface area contributed by atoms with E-state index in [0.29, 0.717) is 16.7 Å². The van der Waals surface area contributed by atoms with Crippen LogP contribution in [0.5, 0.6) is 0 Å². The second-order valence-corrected chi connectivity index (χ2v) is 8.52. The second kappa shape index (κ2) is 10.4. The molecule has 2 rings (SSSR count). The standard InChI is InChI=1S/C21H30ClN5O2/c1-14(8-7-11-23-5)18-17(22)13-24-19(27-18)25-15-9-6-10-16(12-15)26-20(28)29-21(2,3)4/h7-8,11,13,15-16H,5-6,9-10,12H2,1-4H3,(H,26,28)(H,24,25,27)/b11-7-,14-8+/t15-,16+/m1/s1. The van der Waals surface area contributed by atoms with Gasteiger partial charge in [0, 0.05) is 18.3 Å². The Balaban J connectivity index is 2.01. The van der Waals surface area contributed by atoms with E-state index in [4.69, 9.17) is 16.3 Å². The summed E-state index contributed by atoms with van der Waals surface area (Å²) in [5.74, 6) is 0.519. The zero-order valence-electron chi connectivity index (χ0n) is 17.5. The van der Waals surface area contributed by atoms with Crippen molar-refractivity contribution >= 4 is 35.9 Å². The van der Waals surface area contributed by atoms with Gasteiger partial charge >= 0.3 is 6.09 Å². The first kappa shape index (κ1) is 22.9. The van der Waals surface area contributed by atoms with Crippen molar-refractivity contribution in [3.63, 3.8) is 0 Å². The lowest BCUT2D eigenvalue weighted by Gasteiger charge is -2.31. The molecule has 1 amide bonds. The van der Waals surface area contributed by atoms with E-state index in [1.54, 1.807) is 18.5 Å². The van der Waals surface area contributed by atoms with E-state index in [1.807, 2.05) is 33.8 Å². The van der Waals surface area contributed by atoms with Crippen molar-refractivity contribution in [2.45, 2.75) is 71.1 Å². The number of hydrogen-bond donors (Lipinski definition) is 2. The zero-order valence-corrected chi connectivity index (χ0v) is 18.3. The number of rotatable bonds is 6. The molecule has 0 bridgehead atoms. The molecule has 0 aromatic carbocycles. The van der Waals surface area contributed by atoms with Crippen LogP contribution in [0.3, 0.4) is 0 Å². The first-order valence-electron chi connectivity index (χ1n) is 9.76. The number of carbonyl (C=O) groups excluding carboxylic acids is 1. The van der Waals surface area contributed by atoms with Crippen molar-refractivity contribution in [2.75, 3.05) is 5.32 Å². The number of carbonyl (C=O) groups is 1. The SMILES string of the molecule is C=N/C=C\C=C(/C)c1nc(N[C@@H]2CCC[C@H](NC(=O)OC(C)(C)C)C2)ncc1Cl. The molecule has 1 aliphatic carbocycles. The predicted molar refractivity (Wildman–Crippen MR) is 118 cm³/mol. The third-order valence-corrected chi connectivity index (χ3v) is 4.66. The number of ether oxygens (including phenoxy) is 1. The highest BCUT2D eigenvalue weighted by molar-refractivity contribution is 6.32. The molecule has 1 aromatic heterocycles. The Morgan fingerprint density at radius 2 is 2.10 bits per heavy atom. The van der Waals surface area contributed by atoms with Crippen molar-refractivity contribution in [3.05, 3.63) is 35.3 Å². The minimum Gasteiger partial charge on any atom is -0.444 e. The number of nitrogens with one attached hydrogen (secondary N) is 2. The number of halogens is 1. The van der Waals surface area contributed by atoms with Gasteiger partial charge in [0.15, 0.2) is 0 Å². The minimum atomic E-state index is -0.508. The van der Waals surface area contributed by atoms with Gasteiger partial charge in [-0.2, -0.15) is 0 Å². The summed E-state index contributed by atoms with van der Waals surface area (Å²) in [7, 11) is 0. The first-order chi connectivity index (χ1) is 13.7. The van der Waals surface area contributed by atoms with Gasteiger partial charge in [-0.15, -0.1) is 0 Å². The summed E-state index contributed by atoms with van der Waals surface area (Å²) in [6.45, 7) is 10.9. The van der Waals surface area contributed by atoms with Crippen LogP contribution >= 0.6 is 11.6 Å². The fourth-order valence-corrected chi connectivity index (χ4v) is 3.39. The molecular formula is C21H30ClN5O2. The molecule has 158 valence electrons. The van der Waals surface area contributed by atoms with Gasteiger partial charge in [-0.1, -0.05) is 17.7 Å². The fraction of sp³-hybridized carbons (Fsp3) is 0.524. The smallest absolute Gasteiger partial charge is 0.407 e. The molecule has 0 aliphatic heterocycles. The van der Waals surface area contributed by atoms with Gasteiger partial charge in [0.05, 0.1) is 16.9 Å². The van der Waals surface area contributed by atoms with Crippen LogP contribution < -0.4 is 10.6 Å². The molecule has 0 spiro atoms. The summed E-state index contributed by atoms with van der Waals surface area (Å²) >= 11 is 6.26. The van der Waals surface area contributed by atoms with Gasteiger partial charge in [-0.25, -0.2) is 14.8 Å². The van der Waals surface area contributed by atoms with Crippen LogP contribution in [0.4, 0.5) is 10.7 Å². The third-order valence-electron chi connectivity index (χ3n) is 4.38. The monoisotopic (exact) mass is 419 g/mol. The van der Waals surface area contributed by atoms with Crippen LogP contribution in [0.15, 0.2) is 29.5 Å². The summed E-state index contributed by atoms with van der Waals surface area (Å²) in [6, 6.07) is 0.216. The topological polar surface area (TPSA) is 88.5 Å². The van der Waals surface area contributed by atoms with E-state index in [1.165, 1.54) is 0 Å². The molecule has 0 radical (unpaired) electrons. The van der Waals surface area contributed by atoms with Crippen LogP contribution in [-0.2, 0) is 4.74 Å². The number of anilines is 1. The number of allylic oxidation sites excluding steroid dienone is 3. The Hall–Kier alpha value is -2.41. The zero-order chi connectivity index (χ0) is 21.4. The number of amides is 1. The van der Waals surface area contributed by atoms with Crippen molar-refractivity contribution in [2.24, 2.45) is 4.99 Å². The van der Waals surface area contributed by atoms with Crippen LogP contribution in [0.2, 0.25) is 5.02 Å². The largest absolute Gasteiger partial charge is 0.444 e. The maximum atomic E-state index is 12.0. The quantitative estimate of drug-likeness (QED) is 0.500. The van der Waals surface area contributed by atoms with Gasteiger partial charge < -0.3 is 15.4 Å². The Morgan fingerprint density at radius 3 is 2.79 bits per heavy atom. The molecule has 2 N–H and O–H groups in total. The van der Waals surface area contributed by atoms with E-state index in [9.17, 15) is 4.79 Å². The number of hydrogen-bond acceptors (Lipinski definition) is 6. The normalized spacial score (nSPS) is 20.4. The summed E-state index contributed by atoms with van der Waals surface area (Å²) in [5.41, 5.74) is 1.05. The van der Waals surface area contributed by atoms with Gasteiger partial charge in [0.25, 0.3) is 0 Å². The highest BCUT2D eigenvalue weighted by atomic mass is 35.5. The Labute approximate surface area is 177 Å². The molecule has 1 fully saturated rings. The fourth-order valence-electron chi connectivity index (χ4n) is 3.15. The van der Waals surface area contributed by atoms with Gasteiger partial charge in [-0.3, -0.25) is 4.99 Å². The molecule has 7 nitrogen and oxygen atoms in total. The molecular weight excluding hydrogens is 390 g/mol. The van der Waals surface area contributed by atoms with Crippen LogP contribution in [0.1, 0.15) is 59.1 Å². The van der Waals surface area contributed by atoms with Crippen molar-refractivity contribution in [1.29, 1.82) is 0 Å². The van der Waals surface area contributed by atoms with E-state index in [0.717, 1.165) is 31.3 Å². The molecule has 0 saturated heterocycles. The number of aromatic nitrogens is 2. The lowest BCUT2D eigenvalue weighted by Crippen LogP contribution is -2.44. The van der Waals surface area contributed by atoms with E-state index < -0.39 is 5.60 Å². The Morgan fingerprint density at radius 1 is 1.38 bits per heavy atom. The van der Waals surface area contributed by atoms with Crippen LogP contribution in [0.25, 0.3) is 5.57 Å². The lowest BCUT2D eigenvalue weighted by atomic mass is 9.91. The van der Waals surface area contributed by atoms with Crippen LogP contribution in [0, 0.1) is 0 Å². The van der Waals surface area contributed by atoms with Crippen molar-refractivity contribution < 1.29 is 9.53 Å². The molecule has 2 atom stereocenters. The number of nitrogens with zero attached hydrogens (tertiary/aromatic N) is 3. The molecule has 29 heavy (non-hydrogen) atoms. The highest BCUT2D eigenvalue weighted by Gasteiger charge is 2.26. The number of aliphatic imine (C=N–C) groups is 1. The summed E-state index contributed by atoms with van der Waals surface area (Å²) in [4.78, 5) is 24.6. The molecule has 1 aromatic rings. The maximum Gasteiger partial charge on any atom is 0.407 e. The van der Waals surface area contributed by atoms with Crippen molar-refractivity contribution in [3.8, 4) is 0 Å². The Kier molecular flexibility index (Phi) is 8.20. The number of alkyl carbamates (subject to hydrolysis) is 1. The summed E-state index contributed by atoms with van der Waals surface area (Å²) in [5, 5.41) is 6.82. The predicted octanol–water partition coefficient (Wildman–Crippen LogP) is 5.00. The highest BCUT2D eigenvalue weighted by Crippen LogP contribution is 2.25. The second-order valence-electron chi connectivity index (χ2n) is 8.11. The molecule has 1 heterocycles. The van der Waals surface area contributed by atoms with Gasteiger partial charge in [-0.05, 0) is 71.7 Å². The lowest BCUT2D eigenvalue weighted by molar-refractivity contribution is 0.0492. The third kappa shape index (κ3) is 7.85. The van der Waals surface area contributed by atoms with Gasteiger partial charge in [0.2, 0.25) is 5.95 Å². The average molecular weight is 420 g/mol. The Bertz CT molecular complexity index is 786. The summed E-state index contributed by atoms with van der Waals surface area (Å²) < 4.78 is 5.36. The maximum absolute atomic E-state index is 12.0. The van der Waals surface area contributed by atoms with Crippen LogP contribution in [-0.4, -0.2) is 40.5 Å². The van der Waals surface area contributed by atoms with Gasteiger partial charge in [0.1, 0.15) is 5.60 Å². The average Bonchev–Trinajstić information content (AvgIpc) is 2.62. The molecule has 8 heteroatoms. The molecule has 1 saturated carbocycles. The minimum absolute atomic E-state index is 0.0565. The van der Waals surface area contributed by atoms with Crippen molar-refractivity contribution in [1.82, 2.24) is 15.3 Å². The van der Waals surface area contributed by atoms with E-state index >= 15 is 0 Å². The van der Waals surface area contributed by atoms with E-state index in [2.05, 4.69) is 32.3 Å². The molecule has 1 aliphatic rings. The van der Waals surface area contributed by atoms with E-state index in [-0.39, 0.29) is 18.2 Å². The molecule has 0 unspecified atom stereocenters. The summed E-state index contributed by atoms with van der Waals surface area (Å²) in [6.07, 6.45) is 10.1. The first-order valence-corrected chi connectivity index (χ1v) is 10.1.